The van der Waals surface area contributed by atoms with Crippen LogP contribution in [0.3, 0.4) is 0 Å². The lowest BCUT2D eigenvalue weighted by molar-refractivity contribution is 0.409. The molecule has 7 heteroatoms. The Morgan fingerprint density at radius 1 is 1.29 bits per heavy atom. The summed E-state index contributed by atoms with van der Waals surface area (Å²) in [6.07, 6.45) is 3.77. The van der Waals surface area contributed by atoms with Gasteiger partial charge in [-0.15, -0.1) is 11.3 Å². The third-order valence-corrected chi connectivity index (χ3v) is 4.80. The predicted octanol–water partition coefficient (Wildman–Crippen LogP) is 3.28. The van der Waals surface area contributed by atoms with Crippen molar-refractivity contribution >= 4 is 28.2 Å². The second-order valence-corrected chi connectivity index (χ2v) is 6.58. The highest BCUT2D eigenvalue weighted by atomic mass is 32.1. The summed E-state index contributed by atoms with van der Waals surface area (Å²) >= 11 is 1.53. The van der Waals surface area contributed by atoms with Crippen molar-refractivity contribution in [3.63, 3.8) is 0 Å². The molecule has 1 saturated heterocycles. The van der Waals surface area contributed by atoms with Gasteiger partial charge in [0, 0.05) is 30.6 Å². The molecule has 1 aliphatic heterocycles. The van der Waals surface area contributed by atoms with Gasteiger partial charge >= 0.3 is 0 Å². The van der Waals surface area contributed by atoms with E-state index >= 15 is 0 Å². The first-order valence-electron chi connectivity index (χ1n) is 8.18. The summed E-state index contributed by atoms with van der Waals surface area (Å²) < 4.78 is 5.32. The van der Waals surface area contributed by atoms with E-state index in [-0.39, 0.29) is 5.96 Å². The standard InChI is InChI=1S/C17H23N5OS/c1-23-14-8-4-3-7-13(14)11-19-16(18)21-17-20-15(12-24-17)22-9-5-2-6-10-22/h3-4,7-8,12H,2,5-6,9-11H2,1H3,(H3,18,19,20,21). The molecular weight excluding hydrogens is 322 g/mol. The first kappa shape index (κ1) is 16.6. The summed E-state index contributed by atoms with van der Waals surface area (Å²) in [5.41, 5.74) is 1.01. The van der Waals surface area contributed by atoms with Crippen molar-refractivity contribution in [3.8, 4) is 5.75 Å². The quantitative estimate of drug-likeness (QED) is 0.573. The van der Waals surface area contributed by atoms with Crippen LogP contribution in [0.25, 0.3) is 0 Å². The SMILES string of the molecule is COc1ccccc1CNC(=N)Nc1nc(N2CCCCC2)cs1. The first-order valence-corrected chi connectivity index (χ1v) is 9.06. The van der Waals surface area contributed by atoms with Gasteiger partial charge in [-0.1, -0.05) is 18.2 Å². The van der Waals surface area contributed by atoms with E-state index in [2.05, 4.69) is 25.9 Å². The zero-order valence-corrected chi connectivity index (χ0v) is 14.7. The van der Waals surface area contributed by atoms with Crippen molar-refractivity contribution in [1.29, 1.82) is 5.41 Å². The minimum Gasteiger partial charge on any atom is -0.496 e. The highest BCUT2D eigenvalue weighted by Gasteiger charge is 2.14. The third kappa shape index (κ3) is 4.17. The molecule has 24 heavy (non-hydrogen) atoms. The maximum absolute atomic E-state index is 8.05. The van der Waals surface area contributed by atoms with Crippen LogP contribution in [0, 0.1) is 5.41 Å². The van der Waals surface area contributed by atoms with E-state index < -0.39 is 0 Å². The molecule has 0 atom stereocenters. The van der Waals surface area contributed by atoms with Crippen molar-refractivity contribution in [3.05, 3.63) is 35.2 Å². The van der Waals surface area contributed by atoms with Crippen LogP contribution in [0.2, 0.25) is 0 Å². The predicted molar refractivity (Wildman–Crippen MR) is 99.4 cm³/mol. The number of para-hydroxylation sites is 1. The van der Waals surface area contributed by atoms with E-state index in [0.29, 0.717) is 6.54 Å². The first-order chi connectivity index (χ1) is 11.8. The molecule has 2 heterocycles. The van der Waals surface area contributed by atoms with E-state index in [1.807, 2.05) is 24.3 Å². The number of benzene rings is 1. The van der Waals surface area contributed by atoms with Crippen molar-refractivity contribution in [1.82, 2.24) is 10.3 Å². The number of piperidine rings is 1. The maximum Gasteiger partial charge on any atom is 0.195 e. The van der Waals surface area contributed by atoms with Gasteiger partial charge in [0.25, 0.3) is 0 Å². The number of thiazole rings is 1. The Bertz CT molecular complexity index is 681. The largest absolute Gasteiger partial charge is 0.496 e. The van der Waals surface area contributed by atoms with Gasteiger partial charge in [-0.05, 0) is 25.3 Å². The van der Waals surface area contributed by atoms with Crippen molar-refractivity contribution in [2.75, 3.05) is 30.4 Å². The Balaban J connectivity index is 1.52. The zero-order valence-electron chi connectivity index (χ0n) is 13.8. The molecule has 1 fully saturated rings. The van der Waals surface area contributed by atoms with Gasteiger partial charge in [0.2, 0.25) is 0 Å². The molecular formula is C17H23N5OS. The van der Waals surface area contributed by atoms with Crippen molar-refractivity contribution < 1.29 is 4.74 Å². The molecule has 3 N–H and O–H groups in total. The van der Waals surface area contributed by atoms with Gasteiger partial charge in [0.15, 0.2) is 11.1 Å². The number of hydrogen-bond acceptors (Lipinski definition) is 5. The van der Waals surface area contributed by atoms with Gasteiger partial charge in [-0.2, -0.15) is 0 Å². The fourth-order valence-electron chi connectivity index (χ4n) is 2.77. The zero-order chi connectivity index (χ0) is 16.8. The molecule has 0 radical (unpaired) electrons. The summed E-state index contributed by atoms with van der Waals surface area (Å²) in [6, 6.07) is 7.79. The Morgan fingerprint density at radius 2 is 2.08 bits per heavy atom. The van der Waals surface area contributed by atoms with E-state index in [4.69, 9.17) is 10.1 Å². The number of ether oxygens (including phenoxy) is 1. The molecule has 128 valence electrons. The molecule has 2 aromatic rings. The number of methoxy groups -OCH3 is 1. The molecule has 6 nitrogen and oxygen atoms in total. The highest BCUT2D eigenvalue weighted by molar-refractivity contribution is 7.14. The van der Waals surface area contributed by atoms with Crippen molar-refractivity contribution in [2.45, 2.75) is 25.8 Å². The lowest BCUT2D eigenvalue weighted by atomic mass is 10.1. The summed E-state index contributed by atoms with van der Waals surface area (Å²) in [5, 5.41) is 16.9. The van der Waals surface area contributed by atoms with Crippen LogP contribution in [0.5, 0.6) is 5.75 Å². The second kappa shape index (κ2) is 8.01. The van der Waals surface area contributed by atoms with E-state index in [9.17, 15) is 0 Å². The third-order valence-electron chi connectivity index (χ3n) is 4.05. The number of rotatable bonds is 5. The minimum absolute atomic E-state index is 0.237. The van der Waals surface area contributed by atoms with Crippen molar-refractivity contribution in [2.24, 2.45) is 0 Å². The molecule has 0 saturated carbocycles. The van der Waals surface area contributed by atoms with Crippen LogP contribution in [0.1, 0.15) is 24.8 Å². The average Bonchev–Trinajstić information content (AvgIpc) is 3.09. The number of anilines is 2. The van der Waals surface area contributed by atoms with Gasteiger partial charge in [-0.25, -0.2) is 4.98 Å². The molecule has 1 aromatic heterocycles. The summed E-state index contributed by atoms with van der Waals surface area (Å²) in [7, 11) is 1.65. The second-order valence-electron chi connectivity index (χ2n) is 5.72. The van der Waals surface area contributed by atoms with E-state index in [0.717, 1.165) is 35.4 Å². The van der Waals surface area contributed by atoms with Crippen LogP contribution in [0.15, 0.2) is 29.6 Å². The Kier molecular flexibility index (Phi) is 5.53. The smallest absolute Gasteiger partial charge is 0.195 e. The summed E-state index contributed by atoms with van der Waals surface area (Å²) in [5.74, 6) is 2.07. The van der Waals surface area contributed by atoms with Gasteiger partial charge in [-0.3, -0.25) is 5.41 Å². The van der Waals surface area contributed by atoms with E-state index in [1.165, 1.54) is 30.6 Å². The fourth-order valence-corrected chi connectivity index (χ4v) is 3.50. The minimum atomic E-state index is 0.237. The lowest BCUT2D eigenvalue weighted by Gasteiger charge is -2.26. The lowest BCUT2D eigenvalue weighted by Crippen LogP contribution is -2.30. The van der Waals surface area contributed by atoms with Crippen LogP contribution >= 0.6 is 11.3 Å². The number of aromatic nitrogens is 1. The molecule has 0 amide bonds. The van der Waals surface area contributed by atoms with Gasteiger partial charge in [0.05, 0.1) is 7.11 Å². The summed E-state index contributed by atoms with van der Waals surface area (Å²) in [4.78, 5) is 6.91. The van der Waals surface area contributed by atoms with Crippen LogP contribution in [-0.4, -0.2) is 31.1 Å². The Labute approximate surface area is 146 Å². The molecule has 1 aromatic carbocycles. The van der Waals surface area contributed by atoms with E-state index in [1.54, 1.807) is 7.11 Å². The highest BCUT2D eigenvalue weighted by Crippen LogP contribution is 2.25. The topological polar surface area (TPSA) is 73.3 Å². The Morgan fingerprint density at radius 3 is 2.88 bits per heavy atom. The number of nitrogens with zero attached hydrogens (tertiary/aromatic N) is 2. The Hall–Kier alpha value is -2.28. The van der Waals surface area contributed by atoms with Crippen LogP contribution < -0.4 is 20.3 Å². The number of nitrogens with one attached hydrogen (secondary N) is 3. The molecule has 0 bridgehead atoms. The normalized spacial score (nSPS) is 14.3. The molecule has 0 spiro atoms. The van der Waals surface area contributed by atoms with Gasteiger partial charge in [0.1, 0.15) is 11.6 Å². The van der Waals surface area contributed by atoms with Crippen LogP contribution in [-0.2, 0) is 6.54 Å². The molecule has 1 aliphatic rings. The number of guanidine groups is 1. The van der Waals surface area contributed by atoms with Crippen LogP contribution in [0.4, 0.5) is 10.9 Å². The number of hydrogen-bond donors (Lipinski definition) is 3. The fraction of sp³-hybridized carbons (Fsp3) is 0.412. The van der Waals surface area contributed by atoms with Gasteiger partial charge < -0.3 is 20.3 Å². The average molecular weight is 345 g/mol. The summed E-state index contributed by atoms with van der Waals surface area (Å²) in [6.45, 7) is 2.68. The molecule has 0 unspecified atom stereocenters. The monoisotopic (exact) mass is 345 g/mol. The molecule has 0 aliphatic carbocycles. The maximum atomic E-state index is 8.05. The molecule has 3 rings (SSSR count).